The highest BCUT2D eigenvalue weighted by molar-refractivity contribution is 14.1. The van der Waals surface area contributed by atoms with Crippen molar-refractivity contribution in [1.82, 2.24) is 9.80 Å². The zero-order valence-electron chi connectivity index (χ0n) is 35.9. The molecule has 5 rings (SSSR count). The Morgan fingerprint density at radius 1 is 0.850 bits per heavy atom. The summed E-state index contributed by atoms with van der Waals surface area (Å²) < 4.78 is 169. The van der Waals surface area contributed by atoms with Crippen molar-refractivity contribution in [2.75, 3.05) is 19.8 Å². The molecule has 1 saturated heterocycles. The van der Waals surface area contributed by atoms with Crippen LogP contribution in [0.3, 0.4) is 0 Å². The highest BCUT2D eigenvalue weighted by Crippen LogP contribution is 2.57. The summed E-state index contributed by atoms with van der Waals surface area (Å²) in [6.45, 7) is -0.257. The second-order valence-corrected chi connectivity index (χ2v) is 14.4. The summed E-state index contributed by atoms with van der Waals surface area (Å²) in [6.07, 6.45) is -5.40. The van der Waals surface area contributed by atoms with Crippen LogP contribution in [0, 0.1) is 0 Å². The fourth-order valence-electron chi connectivity index (χ4n) is 4.55. The van der Waals surface area contributed by atoms with Gasteiger partial charge in [0.25, 0.3) is 0 Å². The second kappa shape index (κ2) is 11.5. The molecule has 1 aliphatic rings. The van der Waals surface area contributed by atoms with Gasteiger partial charge in [-0.15, -0.1) is 0 Å². The lowest BCUT2D eigenvalue weighted by molar-refractivity contribution is -0.137. The average molecular weight is 689 g/mol. The summed E-state index contributed by atoms with van der Waals surface area (Å²) in [6, 6.07) is -9.59. The van der Waals surface area contributed by atoms with Crippen LogP contribution in [0.5, 0.6) is 0 Å². The topological polar surface area (TPSA) is 23.6 Å². The first-order valence-electron chi connectivity index (χ1n) is 19.3. The first kappa shape index (κ1) is 15.4. The molecule has 8 heteroatoms. The zero-order chi connectivity index (χ0) is 41.4. The molecule has 1 atom stereocenters. The van der Waals surface area contributed by atoms with Gasteiger partial charge in [-0.05, 0) is 54.0 Å². The normalized spacial score (nSPS) is 23.1. The van der Waals surface area contributed by atoms with Crippen molar-refractivity contribution >= 4 is 51.8 Å². The predicted octanol–water partition coefficient (Wildman–Crippen LogP) is 7.09. The summed E-state index contributed by atoms with van der Waals surface area (Å²) in [7, 11) is -3.19. The first-order chi connectivity index (χ1) is 25.3. The summed E-state index contributed by atoms with van der Waals surface area (Å²) in [5.41, 5.74) is -0.535. The Hall–Kier alpha value is -2.90. The number of hydrogen-bond acceptors (Lipinski definition) is 1. The fourth-order valence-corrected chi connectivity index (χ4v) is 9.39. The van der Waals surface area contributed by atoms with Crippen LogP contribution in [-0.2, 0) is 12.7 Å². The van der Waals surface area contributed by atoms with Crippen molar-refractivity contribution < 1.29 is 38.5 Å². The highest BCUT2D eigenvalue weighted by Gasteiger charge is 2.51. The number of urea groups is 1. The van der Waals surface area contributed by atoms with Gasteiger partial charge in [0, 0.05) is 20.0 Å². The number of benzene rings is 4. The first-order valence-corrected chi connectivity index (χ1v) is 14.9. The van der Waals surface area contributed by atoms with E-state index in [0.717, 1.165) is 12.1 Å². The number of carbonyl (C=O) groups is 1. The Morgan fingerprint density at radius 3 is 1.73 bits per heavy atom. The van der Waals surface area contributed by atoms with Gasteiger partial charge in [-0.2, -0.15) is 13.2 Å². The summed E-state index contributed by atoms with van der Waals surface area (Å²) in [5, 5.41) is -1.86. The van der Waals surface area contributed by atoms with E-state index in [-0.39, 0.29) is 19.5 Å². The smallest absolute Gasteiger partial charge is 0.317 e. The van der Waals surface area contributed by atoms with Gasteiger partial charge >= 0.3 is 12.2 Å². The Bertz CT molecular complexity index is 2010. The largest absolute Gasteiger partial charge is 0.416 e. The van der Waals surface area contributed by atoms with Crippen LogP contribution in [0.25, 0.3) is 0 Å². The van der Waals surface area contributed by atoms with E-state index >= 15 is 0 Å². The third-order valence-electron chi connectivity index (χ3n) is 6.68. The van der Waals surface area contributed by atoms with Gasteiger partial charge in [-0.3, -0.25) is 0 Å². The number of hydrogen-bond donors (Lipinski definition) is 0. The molecule has 2 amide bonds. The van der Waals surface area contributed by atoms with Crippen molar-refractivity contribution in [2.24, 2.45) is 0 Å². The number of amides is 2. The minimum atomic E-state index is -4.61. The van der Waals surface area contributed by atoms with Gasteiger partial charge in [0.15, 0.2) is 0 Å². The lowest BCUT2D eigenvalue weighted by atomic mass is 10.1. The third-order valence-corrected chi connectivity index (χ3v) is 12.1. The monoisotopic (exact) mass is 688 g/mol. The number of halogens is 4. The van der Waals surface area contributed by atoms with Crippen LogP contribution in [0.2, 0.25) is 0 Å². The van der Waals surface area contributed by atoms with Gasteiger partial charge < -0.3 is 9.80 Å². The van der Waals surface area contributed by atoms with E-state index in [4.69, 9.17) is 20.6 Å². The SMILES string of the molecule is [2H]c1c([2H])c([2H])c([P+](CCC2(I)CN(Cc3ccc(C(F)(F)F)cc3)C(=O)N2C)(c2c([2H])c([2H])c([2H])c([2H])c2[2H])c2c([2H])c([2H])c([2H])c([2H])c2[2H])c([2H])c1[2H]. The lowest BCUT2D eigenvalue weighted by Gasteiger charge is -2.33. The molecular weight excluding hydrogens is 643 g/mol. The number of likely N-dealkylation sites (N-methyl/N-ethyl adjacent to an activating group) is 1. The molecule has 4 aromatic carbocycles. The maximum atomic E-state index is 13.7. The van der Waals surface area contributed by atoms with E-state index in [1.54, 1.807) is 0 Å². The number of nitrogens with zero attached hydrogens (tertiary/aromatic N) is 2. The van der Waals surface area contributed by atoms with Gasteiger partial charge in [0.2, 0.25) is 0 Å². The van der Waals surface area contributed by atoms with Crippen LogP contribution >= 0.6 is 29.9 Å². The minimum absolute atomic E-state index is 0.120. The van der Waals surface area contributed by atoms with Crippen LogP contribution in [0.1, 0.15) is 38.1 Å². The quantitative estimate of drug-likeness (QED) is 0.0840. The van der Waals surface area contributed by atoms with Crippen molar-refractivity contribution in [3.8, 4) is 0 Å². The number of rotatable bonds is 8. The molecule has 0 bridgehead atoms. The molecule has 1 fully saturated rings. The summed E-state index contributed by atoms with van der Waals surface area (Å²) in [5.74, 6) is 0. The molecule has 1 heterocycles. The van der Waals surface area contributed by atoms with Gasteiger partial charge in [0.05, 0.1) is 38.8 Å². The van der Waals surface area contributed by atoms with Crippen LogP contribution < -0.4 is 15.9 Å². The van der Waals surface area contributed by atoms with Gasteiger partial charge in [-0.1, -0.05) is 89.1 Å². The van der Waals surface area contributed by atoms with Crippen LogP contribution in [0.15, 0.2) is 115 Å². The molecular formula is C32H30F3IN2OP+. The molecule has 3 nitrogen and oxygen atoms in total. The van der Waals surface area contributed by atoms with Crippen LogP contribution in [-0.4, -0.2) is 39.1 Å². The maximum Gasteiger partial charge on any atom is 0.416 e. The molecule has 1 unspecified atom stereocenters. The van der Waals surface area contributed by atoms with E-state index in [2.05, 4.69) is 0 Å². The van der Waals surface area contributed by atoms with E-state index in [1.807, 2.05) is 22.6 Å². The molecule has 0 N–H and O–H groups in total. The molecule has 40 heavy (non-hydrogen) atoms. The van der Waals surface area contributed by atoms with Gasteiger partial charge in [0.1, 0.15) is 26.7 Å². The molecule has 0 saturated carbocycles. The zero-order valence-corrected chi connectivity index (χ0v) is 24.0. The van der Waals surface area contributed by atoms with Crippen LogP contribution in [0.4, 0.5) is 18.0 Å². The van der Waals surface area contributed by atoms with Crippen molar-refractivity contribution in [1.29, 1.82) is 0 Å². The lowest BCUT2D eigenvalue weighted by Crippen LogP contribution is -2.42. The second-order valence-electron chi connectivity index (χ2n) is 9.01. The Kier molecular flexibility index (Phi) is 4.43. The third kappa shape index (κ3) is 5.64. The Morgan fingerprint density at radius 2 is 1.30 bits per heavy atom. The standard InChI is InChI=1S/C32H30F3IN2OP/c1-37-30(39)38(23-25-17-19-26(20-18-25)32(33,34)35)24-31(37,36)21-22-40(27-11-5-2-6-12-27,28-13-7-3-8-14-28)29-15-9-4-10-16-29/h2-20H,21-24H2,1H3/q+1/i2D,3D,4D,5D,6D,7D,8D,9D,10D,11D,12D,13D,14D,15D,16D. The van der Waals surface area contributed by atoms with E-state index < -0.39 is 141 Å². The number of alkyl halides is 4. The molecule has 0 aromatic heterocycles. The summed E-state index contributed by atoms with van der Waals surface area (Å²) >= 11 is 1.93. The molecule has 0 spiro atoms. The maximum absolute atomic E-state index is 13.7. The van der Waals surface area contributed by atoms with Crippen molar-refractivity contribution in [3.63, 3.8) is 0 Å². The van der Waals surface area contributed by atoms with E-state index in [0.29, 0.717) is 5.56 Å². The predicted molar refractivity (Wildman–Crippen MR) is 166 cm³/mol. The highest BCUT2D eigenvalue weighted by atomic mass is 127. The number of carbonyl (C=O) groups excluding carboxylic acids is 1. The average Bonchev–Trinajstić information content (AvgIpc) is 3.35. The molecule has 1 aliphatic heterocycles. The molecule has 0 radical (unpaired) electrons. The summed E-state index contributed by atoms with van der Waals surface area (Å²) in [4.78, 5) is 16.3. The van der Waals surface area contributed by atoms with Crippen molar-refractivity contribution in [3.05, 3.63) is 126 Å². The molecule has 4 aromatic rings. The molecule has 0 aliphatic carbocycles. The van der Waals surface area contributed by atoms with E-state index in [9.17, 15) is 18.0 Å². The fraction of sp³-hybridized carbons (Fsp3) is 0.219. The minimum Gasteiger partial charge on any atom is -0.317 e. The van der Waals surface area contributed by atoms with Gasteiger partial charge in [-0.25, -0.2) is 4.79 Å². The Balaban J connectivity index is 1.83. The Labute approximate surface area is 268 Å². The van der Waals surface area contributed by atoms with Crippen molar-refractivity contribution in [2.45, 2.75) is 22.7 Å². The van der Waals surface area contributed by atoms with E-state index in [1.165, 1.54) is 29.0 Å². The molecule has 206 valence electrons.